The standard InChI is InChI=1S/C15H13FO/c1-3-12-8-9-13(10-11(12)2)17-15-7-5-4-6-14(15)16/h3-10H,1H2,2H3. The van der Waals surface area contributed by atoms with Crippen molar-refractivity contribution in [2.75, 3.05) is 0 Å². The van der Waals surface area contributed by atoms with Gasteiger partial charge in [0, 0.05) is 0 Å². The van der Waals surface area contributed by atoms with E-state index < -0.39 is 0 Å². The van der Waals surface area contributed by atoms with E-state index in [1.165, 1.54) is 6.07 Å². The summed E-state index contributed by atoms with van der Waals surface area (Å²) in [5.74, 6) is 0.495. The maximum Gasteiger partial charge on any atom is 0.165 e. The van der Waals surface area contributed by atoms with Crippen LogP contribution in [0, 0.1) is 12.7 Å². The molecule has 1 nitrogen and oxygen atoms in total. The molecule has 0 N–H and O–H groups in total. The molecule has 2 rings (SSSR count). The normalized spacial score (nSPS) is 10.0. The van der Waals surface area contributed by atoms with Gasteiger partial charge in [-0.3, -0.25) is 0 Å². The molecule has 0 heterocycles. The maximum atomic E-state index is 13.4. The Kier molecular flexibility index (Phi) is 3.24. The fourth-order valence-corrected chi connectivity index (χ4v) is 1.60. The number of halogens is 1. The molecule has 0 fully saturated rings. The first-order chi connectivity index (χ1) is 8.20. The van der Waals surface area contributed by atoms with E-state index in [1.54, 1.807) is 30.3 Å². The van der Waals surface area contributed by atoms with Crippen molar-refractivity contribution in [1.29, 1.82) is 0 Å². The van der Waals surface area contributed by atoms with E-state index in [4.69, 9.17) is 4.74 Å². The Morgan fingerprint density at radius 3 is 2.59 bits per heavy atom. The number of ether oxygens (including phenoxy) is 1. The van der Waals surface area contributed by atoms with Gasteiger partial charge in [0.1, 0.15) is 5.75 Å². The molecule has 0 aromatic heterocycles. The highest BCUT2D eigenvalue weighted by molar-refractivity contribution is 5.53. The summed E-state index contributed by atoms with van der Waals surface area (Å²) < 4.78 is 18.9. The van der Waals surface area contributed by atoms with Gasteiger partial charge in [-0.1, -0.05) is 30.9 Å². The predicted octanol–water partition coefficient (Wildman–Crippen LogP) is 4.57. The summed E-state index contributed by atoms with van der Waals surface area (Å²) >= 11 is 0. The second-order valence-electron chi connectivity index (χ2n) is 3.76. The summed E-state index contributed by atoms with van der Waals surface area (Å²) in [7, 11) is 0. The Morgan fingerprint density at radius 2 is 1.94 bits per heavy atom. The van der Waals surface area contributed by atoms with Gasteiger partial charge in [-0.25, -0.2) is 4.39 Å². The van der Waals surface area contributed by atoms with E-state index in [2.05, 4.69) is 6.58 Å². The van der Waals surface area contributed by atoms with Crippen LogP contribution < -0.4 is 4.74 Å². The summed E-state index contributed by atoms with van der Waals surface area (Å²) in [6, 6.07) is 11.9. The van der Waals surface area contributed by atoms with Crippen LogP contribution in [0.4, 0.5) is 4.39 Å². The first-order valence-electron chi connectivity index (χ1n) is 5.36. The van der Waals surface area contributed by atoms with E-state index in [9.17, 15) is 4.39 Å². The fourth-order valence-electron chi connectivity index (χ4n) is 1.60. The van der Waals surface area contributed by atoms with E-state index in [1.807, 2.05) is 19.1 Å². The quantitative estimate of drug-likeness (QED) is 0.747. The lowest BCUT2D eigenvalue weighted by molar-refractivity contribution is 0.442. The molecular formula is C15H13FO. The zero-order valence-electron chi connectivity index (χ0n) is 9.61. The van der Waals surface area contributed by atoms with Gasteiger partial charge in [0.05, 0.1) is 0 Å². The highest BCUT2D eigenvalue weighted by atomic mass is 19.1. The first-order valence-corrected chi connectivity index (χ1v) is 5.36. The van der Waals surface area contributed by atoms with Crippen LogP contribution in [-0.2, 0) is 0 Å². The molecule has 0 atom stereocenters. The average molecular weight is 228 g/mol. The molecule has 0 spiro atoms. The molecule has 0 unspecified atom stereocenters. The number of aryl methyl sites for hydroxylation is 1. The van der Waals surface area contributed by atoms with Crippen molar-refractivity contribution < 1.29 is 9.13 Å². The minimum Gasteiger partial charge on any atom is -0.454 e. The van der Waals surface area contributed by atoms with E-state index in [0.29, 0.717) is 5.75 Å². The van der Waals surface area contributed by atoms with E-state index in [0.717, 1.165) is 11.1 Å². The van der Waals surface area contributed by atoms with E-state index >= 15 is 0 Å². The Hall–Kier alpha value is -2.09. The SMILES string of the molecule is C=Cc1ccc(Oc2ccccc2F)cc1C. The third-order valence-corrected chi connectivity index (χ3v) is 2.53. The maximum absolute atomic E-state index is 13.4. The smallest absolute Gasteiger partial charge is 0.165 e. The summed E-state index contributed by atoms with van der Waals surface area (Å²) in [6.07, 6.45) is 1.78. The second-order valence-corrected chi connectivity index (χ2v) is 3.76. The Bertz CT molecular complexity index is 546. The summed E-state index contributed by atoms with van der Waals surface area (Å²) in [4.78, 5) is 0. The lowest BCUT2D eigenvalue weighted by Crippen LogP contribution is -1.89. The zero-order chi connectivity index (χ0) is 12.3. The van der Waals surface area contributed by atoms with Gasteiger partial charge in [-0.15, -0.1) is 0 Å². The third-order valence-electron chi connectivity index (χ3n) is 2.53. The van der Waals surface area contributed by atoms with Gasteiger partial charge < -0.3 is 4.74 Å². The molecule has 0 aliphatic heterocycles. The number of para-hydroxylation sites is 1. The van der Waals surface area contributed by atoms with Crippen LogP contribution in [0.5, 0.6) is 11.5 Å². The second kappa shape index (κ2) is 4.83. The van der Waals surface area contributed by atoms with Crippen LogP contribution in [0.2, 0.25) is 0 Å². The lowest BCUT2D eigenvalue weighted by Gasteiger charge is -2.08. The van der Waals surface area contributed by atoms with Crippen LogP contribution >= 0.6 is 0 Å². The molecule has 0 aliphatic rings. The molecular weight excluding hydrogens is 215 g/mol. The van der Waals surface area contributed by atoms with Crippen molar-refractivity contribution in [1.82, 2.24) is 0 Å². The molecule has 2 aromatic carbocycles. The zero-order valence-corrected chi connectivity index (χ0v) is 9.61. The summed E-state index contributed by atoms with van der Waals surface area (Å²) in [6.45, 7) is 5.68. The van der Waals surface area contributed by atoms with Crippen molar-refractivity contribution in [3.05, 3.63) is 66.0 Å². The molecule has 0 amide bonds. The minimum atomic E-state index is -0.363. The van der Waals surface area contributed by atoms with Crippen molar-refractivity contribution in [2.24, 2.45) is 0 Å². The van der Waals surface area contributed by atoms with Crippen LogP contribution in [0.25, 0.3) is 6.08 Å². The van der Waals surface area contributed by atoms with Crippen LogP contribution in [-0.4, -0.2) is 0 Å². The Balaban J connectivity index is 2.28. The molecule has 17 heavy (non-hydrogen) atoms. The molecule has 0 saturated heterocycles. The lowest BCUT2D eigenvalue weighted by atomic mass is 10.1. The molecule has 0 aliphatic carbocycles. The van der Waals surface area contributed by atoms with Crippen molar-refractivity contribution >= 4 is 6.08 Å². The molecule has 0 radical (unpaired) electrons. The van der Waals surface area contributed by atoms with E-state index in [-0.39, 0.29) is 11.6 Å². The van der Waals surface area contributed by atoms with Crippen molar-refractivity contribution in [3.63, 3.8) is 0 Å². The van der Waals surface area contributed by atoms with Crippen molar-refractivity contribution in [2.45, 2.75) is 6.92 Å². The largest absolute Gasteiger partial charge is 0.454 e. The molecule has 2 heteroatoms. The van der Waals surface area contributed by atoms with Gasteiger partial charge >= 0.3 is 0 Å². The third kappa shape index (κ3) is 2.53. The highest BCUT2D eigenvalue weighted by Crippen LogP contribution is 2.26. The summed E-state index contributed by atoms with van der Waals surface area (Å²) in [5, 5.41) is 0. The summed E-state index contributed by atoms with van der Waals surface area (Å²) in [5.41, 5.74) is 2.10. The number of rotatable bonds is 3. The Labute approximate surface area is 100 Å². The van der Waals surface area contributed by atoms with Crippen LogP contribution in [0.15, 0.2) is 49.0 Å². The van der Waals surface area contributed by atoms with Crippen LogP contribution in [0.3, 0.4) is 0 Å². The van der Waals surface area contributed by atoms with Gasteiger partial charge in [0.2, 0.25) is 0 Å². The van der Waals surface area contributed by atoms with Gasteiger partial charge in [0.15, 0.2) is 11.6 Å². The van der Waals surface area contributed by atoms with Crippen molar-refractivity contribution in [3.8, 4) is 11.5 Å². The number of hydrogen-bond acceptors (Lipinski definition) is 1. The van der Waals surface area contributed by atoms with Gasteiger partial charge in [-0.2, -0.15) is 0 Å². The topological polar surface area (TPSA) is 9.23 Å². The predicted molar refractivity (Wildman–Crippen MR) is 67.7 cm³/mol. The molecule has 0 bridgehead atoms. The van der Waals surface area contributed by atoms with Gasteiger partial charge in [-0.05, 0) is 42.3 Å². The monoisotopic (exact) mass is 228 g/mol. The van der Waals surface area contributed by atoms with Gasteiger partial charge in [0.25, 0.3) is 0 Å². The first kappa shape index (κ1) is 11.4. The highest BCUT2D eigenvalue weighted by Gasteiger charge is 2.04. The Morgan fingerprint density at radius 1 is 1.18 bits per heavy atom. The fraction of sp³-hybridized carbons (Fsp3) is 0.0667. The molecule has 86 valence electrons. The number of benzene rings is 2. The average Bonchev–Trinajstić information content (AvgIpc) is 2.32. The molecule has 0 saturated carbocycles. The molecule has 2 aromatic rings. The minimum absolute atomic E-state index is 0.234. The number of hydrogen-bond donors (Lipinski definition) is 0. The van der Waals surface area contributed by atoms with Crippen LogP contribution in [0.1, 0.15) is 11.1 Å².